The van der Waals surface area contributed by atoms with Gasteiger partial charge in [-0.3, -0.25) is 4.79 Å². The predicted molar refractivity (Wildman–Crippen MR) is 129 cm³/mol. The number of benzene rings is 2. The molecule has 1 N–H and O–H groups in total. The molecule has 0 saturated heterocycles. The number of carbonyl (C=O) groups is 1. The SMILES string of the molecule is CCCN(CCC(=O)N[C@H](C)c1ccccc1)c1nc(CC)nc2c(Cl)cc(Cl)cc12. The van der Waals surface area contributed by atoms with Crippen molar-refractivity contribution in [3.05, 3.63) is 63.9 Å². The molecular weight excluding hydrogens is 431 g/mol. The molecular formula is C24H28Cl2N4O. The fraction of sp³-hybridized carbons (Fsp3) is 0.375. The number of halogens is 2. The molecule has 3 aromatic rings. The average Bonchev–Trinajstić information content (AvgIpc) is 2.76. The Balaban J connectivity index is 1.82. The van der Waals surface area contributed by atoms with E-state index in [9.17, 15) is 4.79 Å². The maximum Gasteiger partial charge on any atom is 0.222 e. The zero-order chi connectivity index (χ0) is 22.4. The number of rotatable bonds is 9. The maximum atomic E-state index is 12.6. The molecule has 0 bridgehead atoms. The summed E-state index contributed by atoms with van der Waals surface area (Å²) >= 11 is 12.7. The van der Waals surface area contributed by atoms with Gasteiger partial charge < -0.3 is 10.2 Å². The highest BCUT2D eigenvalue weighted by molar-refractivity contribution is 6.38. The summed E-state index contributed by atoms with van der Waals surface area (Å²) in [5.41, 5.74) is 1.77. The Kier molecular flexibility index (Phi) is 8.10. The molecule has 0 aliphatic heterocycles. The lowest BCUT2D eigenvalue weighted by molar-refractivity contribution is -0.121. The minimum atomic E-state index is -0.0440. The lowest BCUT2D eigenvalue weighted by Crippen LogP contribution is -2.33. The number of hydrogen-bond acceptors (Lipinski definition) is 4. The molecule has 5 nitrogen and oxygen atoms in total. The van der Waals surface area contributed by atoms with E-state index in [2.05, 4.69) is 22.1 Å². The van der Waals surface area contributed by atoms with E-state index in [1.807, 2.05) is 50.2 Å². The second-order valence-corrected chi connectivity index (χ2v) is 8.38. The zero-order valence-corrected chi connectivity index (χ0v) is 19.7. The van der Waals surface area contributed by atoms with E-state index in [-0.39, 0.29) is 11.9 Å². The van der Waals surface area contributed by atoms with Crippen molar-refractivity contribution in [2.45, 2.75) is 46.1 Å². The summed E-state index contributed by atoms with van der Waals surface area (Å²) in [6.45, 7) is 7.42. The molecule has 3 rings (SSSR count). The summed E-state index contributed by atoms with van der Waals surface area (Å²) in [7, 11) is 0. The summed E-state index contributed by atoms with van der Waals surface area (Å²) in [5.74, 6) is 1.49. The number of nitrogens with zero attached hydrogens (tertiary/aromatic N) is 3. The number of fused-ring (bicyclic) bond motifs is 1. The van der Waals surface area contributed by atoms with Crippen LogP contribution >= 0.6 is 23.2 Å². The van der Waals surface area contributed by atoms with Crippen LogP contribution in [0.4, 0.5) is 5.82 Å². The van der Waals surface area contributed by atoms with Gasteiger partial charge in [-0.15, -0.1) is 0 Å². The van der Waals surface area contributed by atoms with Gasteiger partial charge in [0.25, 0.3) is 0 Å². The number of carbonyl (C=O) groups excluding carboxylic acids is 1. The molecule has 7 heteroatoms. The van der Waals surface area contributed by atoms with Crippen molar-refractivity contribution in [1.29, 1.82) is 0 Å². The molecule has 1 aromatic heterocycles. The quantitative estimate of drug-likeness (QED) is 0.428. The van der Waals surface area contributed by atoms with Crippen molar-refractivity contribution in [2.75, 3.05) is 18.0 Å². The molecule has 0 radical (unpaired) electrons. The molecule has 1 heterocycles. The highest BCUT2D eigenvalue weighted by Crippen LogP contribution is 2.32. The average molecular weight is 459 g/mol. The fourth-order valence-corrected chi connectivity index (χ4v) is 4.09. The van der Waals surface area contributed by atoms with E-state index < -0.39 is 0 Å². The molecule has 0 spiro atoms. The summed E-state index contributed by atoms with van der Waals surface area (Å²) in [6, 6.07) is 13.4. The number of amides is 1. The van der Waals surface area contributed by atoms with Crippen molar-refractivity contribution < 1.29 is 4.79 Å². The standard InChI is InChI=1S/C24H28Cl2N4O/c1-4-12-30(13-11-22(31)27-16(3)17-9-7-6-8-10-17)24-19-14-18(25)15-20(26)23(19)28-21(5-2)29-24/h6-10,14-16H,4-5,11-13H2,1-3H3,(H,27,31)/t16-/m1/s1. The fourth-order valence-electron chi connectivity index (χ4n) is 3.55. The largest absolute Gasteiger partial charge is 0.355 e. The van der Waals surface area contributed by atoms with E-state index in [0.717, 1.165) is 35.6 Å². The third-order valence-corrected chi connectivity index (χ3v) is 5.65. The van der Waals surface area contributed by atoms with Gasteiger partial charge in [0.1, 0.15) is 11.6 Å². The van der Waals surface area contributed by atoms with Crippen LogP contribution < -0.4 is 10.2 Å². The van der Waals surface area contributed by atoms with Crippen molar-refractivity contribution in [1.82, 2.24) is 15.3 Å². The van der Waals surface area contributed by atoms with Crippen LogP contribution in [0.2, 0.25) is 10.0 Å². The highest BCUT2D eigenvalue weighted by Gasteiger charge is 2.18. The van der Waals surface area contributed by atoms with Crippen molar-refractivity contribution in [3.63, 3.8) is 0 Å². The summed E-state index contributed by atoms with van der Waals surface area (Å²) < 4.78 is 0. The van der Waals surface area contributed by atoms with Gasteiger partial charge in [-0.25, -0.2) is 9.97 Å². The van der Waals surface area contributed by atoms with Crippen molar-refractivity contribution >= 4 is 45.8 Å². The summed E-state index contributed by atoms with van der Waals surface area (Å²) in [4.78, 5) is 24.1. The number of anilines is 1. The predicted octanol–water partition coefficient (Wildman–Crippen LogP) is 5.98. The maximum absolute atomic E-state index is 12.6. The normalized spacial score (nSPS) is 12.0. The third kappa shape index (κ3) is 5.86. The molecule has 0 aliphatic carbocycles. The smallest absolute Gasteiger partial charge is 0.222 e. The van der Waals surface area contributed by atoms with Gasteiger partial charge in [0.2, 0.25) is 5.91 Å². The summed E-state index contributed by atoms with van der Waals surface area (Å²) in [5, 5.41) is 4.93. The molecule has 2 aromatic carbocycles. The van der Waals surface area contributed by atoms with E-state index in [4.69, 9.17) is 28.2 Å². The van der Waals surface area contributed by atoms with E-state index in [1.54, 1.807) is 6.07 Å². The van der Waals surface area contributed by atoms with Gasteiger partial charge in [-0.2, -0.15) is 0 Å². The Morgan fingerprint density at radius 2 is 1.84 bits per heavy atom. The first-order chi connectivity index (χ1) is 14.9. The second-order valence-electron chi connectivity index (χ2n) is 7.54. The van der Waals surface area contributed by atoms with Crippen molar-refractivity contribution in [3.8, 4) is 0 Å². The molecule has 0 saturated carbocycles. The van der Waals surface area contributed by atoms with Crippen LogP contribution in [0.25, 0.3) is 10.9 Å². The number of aromatic nitrogens is 2. The molecule has 0 unspecified atom stereocenters. The first-order valence-corrected chi connectivity index (χ1v) is 11.4. The molecule has 1 amide bonds. The second kappa shape index (κ2) is 10.8. The van der Waals surface area contributed by atoms with Crippen LogP contribution in [0, 0.1) is 0 Å². The highest BCUT2D eigenvalue weighted by atomic mass is 35.5. The Morgan fingerprint density at radius 3 is 2.52 bits per heavy atom. The number of nitrogens with one attached hydrogen (secondary N) is 1. The lowest BCUT2D eigenvalue weighted by atomic mass is 10.1. The molecule has 31 heavy (non-hydrogen) atoms. The lowest BCUT2D eigenvalue weighted by Gasteiger charge is -2.25. The Hall–Kier alpha value is -2.37. The Bertz CT molecular complexity index is 1040. The zero-order valence-electron chi connectivity index (χ0n) is 18.2. The van der Waals surface area contributed by atoms with Crippen LogP contribution in [0.15, 0.2) is 42.5 Å². The van der Waals surface area contributed by atoms with Crippen LogP contribution in [0.1, 0.15) is 51.0 Å². The van der Waals surface area contributed by atoms with E-state index in [0.29, 0.717) is 34.9 Å². The number of hydrogen-bond donors (Lipinski definition) is 1. The first kappa shape index (κ1) is 23.3. The molecule has 0 fully saturated rings. The monoisotopic (exact) mass is 458 g/mol. The van der Waals surface area contributed by atoms with Crippen LogP contribution in [-0.2, 0) is 11.2 Å². The van der Waals surface area contributed by atoms with E-state index >= 15 is 0 Å². The minimum absolute atomic E-state index is 0.00241. The third-order valence-electron chi connectivity index (χ3n) is 5.14. The van der Waals surface area contributed by atoms with Gasteiger partial charge in [0, 0.05) is 36.3 Å². The Labute approximate surface area is 193 Å². The van der Waals surface area contributed by atoms with Gasteiger partial charge in [-0.05, 0) is 31.0 Å². The first-order valence-electron chi connectivity index (χ1n) is 10.7. The Morgan fingerprint density at radius 1 is 1.10 bits per heavy atom. The van der Waals surface area contributed by atoms with Gasteiger partial charge in [-0.1, -0.05) is 67.4 Å². The molecule has 164 valence electrons. The summed E-state index contributed by atoms with van der Waals surface area (Å²) in [6.07, 6.45) is 1.97. The topological polar surface area (TPSA) is 58.1 Å². The van der Waals surface area contributed by atoms with Gasteiger partial charge in [0.15, 0.2) is 0 Å². The van der Waals surface area contributed by atoms with Gasteiger partial charge >= 0.3 is 0 Å². The minimum Gasteiger partial charge on any atom is -0.355 e. The molecule has 0 aliphatic rings. The van der Waals surface area contributed by atoms with Crippen LogP contribution in [0.5, 0.6) is 0 Å². The van der Waals surface area contributed by atoms with Crippen LogP contribution in [-0.4, -0.2) is 29.0 Å². The van der Waals surface area contributed by atoms with E-state index in [1.165, 1.54) is 0 Å². The molecule has 1 atom stereocenters. The van der Waals surface area contributed by atoms with Gasteiger partial charge in [0.05, 0.1) is 16.6 Å². The van der Waals surface area contributed by atoms with Crippen molar-refractivity contribution in [2.24, 2.45) is 0 Å². The van der Waals surface area contributed by atoms with Crippen LogP contribution in [0.3, 0.4) is 0 Å². The number of aryl methyl sites for hydroxylation is 1.